The Bertz CT molecular complexity index is 752. The maximum absolute atomic E-state index is 12.8. The molecule has 0 saturated carbocycles. The minimum absolute atomic E-state index is 0.0226. The van der Waals surface area contributed by atoms with Gasteiger partial charge in [-0.2, -0.15) is 0 Å². The number of ether oxygens (including phenoxy) is 1. The third-order valence-corrected chi connectivity index (χ3v) is 4.96. The summed E-state index contributed by atoms with van der Waals surface area (Å²) < 4.78 is 5.21. The highest BCUT2D eigenvalue weighted by Crippen LogP contribution is 2.31. The molecule has 1 aliphatic rings. The Kier molecular flexibility index (Phi) is 5.24. The van der Waals surface area contributed by atoms with Crippen LogP contribution in [-0.4, -0.2) is 31.0 Å². The van der Waals surface area contributed by atoms with Crippen molar-refractivity contribution in [1.29, 1.82) is 0 Å². The van der Waals surface area contributed by atoms with Crippen LogP contribution in [0.25, 0.3) is 0 Å². The zero-order valence-corrected chi connectivity index (χ0v) is 14.6. The van der Waals surface area contributed by atoms with Crippen molar-refractivity contribution < 1.29 is 9.53 Å². The van der Waals surface area contributed by atoms with Crippen molar-refractivity contribution in [2.24, 2.45) is 5.73 Å². The van der Waals surface area contributed by atoms with E-state index in [0.717, 1.165) is 31.5 Å². The van der Waals surface area contributed by atoms with Gasteiger partial charge in [0.15, 0.2) is 0 Å². The summed E-state index contributed by atoms with van der Waals surface area (Å²) in [6.07, 6.45) is 1.90. The minimum Gasteiger partial charge on any atom is -0.495 e. The summed E-state index contributed by atoms with van der Waals surface area (Å²) in [6, 6.07) is 13.8. The lowest BCUT2D eigenvalue weighted by Gasteiger charge is -2.32. The topological polar surface area (TPSA) is 81.6 Å². The Morgan fingerprint density at radius 1 is 1.20 bits per heavy atom. The number of anilines is 1. The van der Waals surface area contributed by atoms with Gasteiger partial charge in [0.05, 0.1) is 18.4 Å². The molecule has 1 heterocycles. The molecule has 25 heavy (non-hydrogen) atoms. The third kappa shape index (κ3) is 3.61. The Balaban J connectivity index is 1.69. The van der Waals surface area contributed by atoms with Crippen LogP contribution in [-0.2, 0) is 6.54 Å². The van der Waals surface area contributed by atoms with Crippen molar-refractivity contribution in [2.75, 3.05) is 25.9 Å². The number of carbonyl (C=O) groups is 1. The monoisotopic (exact) mass is 339 g/mol. The van der Waals surface area contributed by atoms with E-state index in [4.69, 9.17) is 16.2 Å². The molecule has 1 amide bonds. The average molecular weight is 339 g/mol. The Hall–Kier alpha value is -2.53. The highest BCUT2D eigenvalue weighted by molar-refractivity contribution is 6.00. The summed E-state index contributed by atoms with van der Waals surface area (Å²) in [6.45, 7) is 2.01. The second kappa shape index (κ2) is 7.57. The standard InChI is InChI=1S/C20H25N3O2/c1-25-18-7-3-6-17(19(18)22)20(24)23-10-8-15(9-11-23)16-5-2-4-14(12-16)13-21/h2-7,12,15H,8-11,13,21-22H2,1H3. The molecule has 1 saturated heterocycles. The number of benzene rings is 2. The molecule has 2 aromatic rings. The molecule has 0 atom stereocenters. The lowest BCUT2D eigenvalue weighted by atomic mass is 9.88. The van der Waals surface area contributed by atoms with E-state index in [-0.39, 0.29) is 5.91 Å². The van der Waals surface area contributed by atoms with E-state index in [1.165, 1.54) is 5.56 Å². The van der Waals surface area contributed by atoms with Crippen molar-refractivity contribution in [3.05, 3.63) is 59.2 Å². The van der Waals surface area contributed by atoms with Gasteiger partial charge in [-0.25, -0.2) is 0 Å². The fourth-order valence-electron chi connectivity index (χ4n) is 3.47. The molecule has 132 valence electrons. The predicted molar refractivity (Wildman–Crippen MR) is 99.6 cm³/mol. The second-order valence-corrected chi connectivity index (χ2v) is 6.44. The largest absolute Gasteiger partial charge is 0.495 e. The summed E-state index contributed by atoms with van der Waals surface area (Å²) in [4.78, 5) is 14.7. The van der Waals surface area contributed by atoms with Gasteiger partial charge in [-0.3, -0.25) is 4.79 Å². The van der Waals surface area contributed by atoms with Crippen LogP contribution in [0.4, 0.5) is 5.69 Å². The number of nitrogen functional groups attached to an aromatic ring is 1. The quantitative estimate of drug-likeness (QED) is 0.839. The normalized spacial score (nSPS) is 15.2. The first-order valence-electron chi connectivity index (χ1n) is 8.64. The van der Waals surface area contributed by atoms with Crippen LogP contribution in [0.5, 0.6) is 5.75 Å². The lowest BCUT2D eigenvalue weighted by Crippen LogP contribution is -2.38. The van der Waals surface area contributed by atoms with Gasteiger partial charge in [-0.05, 0) is 42.0 Å². The van der Waals surface area contributed by atoms with E-state index in [2.05, 4.69) is 18.2 Å². The van der Waals surface area contributed by atoms with Gasteiger partial charge in [0.1, 0.15) is 5.75 Å². The summed E-state index contributed by atoms with van der Waals surface area (Å²) in [5.41, 5.74) is 15.2. The summed E-state index contributed by atoms with van der Waals surface area (Å²) in [5.74, 6) is 0.989. The molecule has 0 bridgehead atoms. The summed E-state index contributed by atoms with van der Waals surface area (Å²) in [5, 5.41) is 0. The van der Waals surface area contributed by atoms with Gasteiger partial charge >= 0.3 is 0 Å². The van der Waals surface area contributed by atoms with Gasteiger partial charge in [-0.1, -0.05) is 30.3 Å². The van der Waals surface area contributed by atoms with Crippen molar-refractivity contribution in [1.82, 2.24) is 4.90 Å². The van der Waals surface area contributed by atoms with Crippen LogP contribution < -0.4 is 16.2 Å². The Morgan fingerprint density at radius 3 is 2.60 bits per heavy atom. The molecular weight excluding hydrogens is 314 g/mol. The van der Waals surface area contributed by atoms with Gasteiger partial charge in [0.2, 0.25) is 0 Å². The fourth-order valence-corrected chi connectivity index (χ4v) is 3.47. The lowest BCUT2D eigenvalue weighted by molar-refractivity contribution is 0.0714. The first-order valence-corrected chi connectivity index (χ1v) is 8.64. The van der Waals surface area contributed by atoms with Crippen LogP contribution >= 0.6 is 0 Å². The molecule has 3 rings (SSSR count). The number of nitrogens with zero attached hydrogens (tertiary/aromatic N) is 1. The number of amides is 1. The van der Waals surface area contributed by atoms with E-state index < -0.39 is 0 Å². The van der Waals surface area contributed by atoms with E-state index >= 15 is 0 Å². The summed E-state index contributed by atoms with van der Waals surface area (Å²) in [7, 11) is 1.56. The van der Waals surface area contributed by atoms with Crippen LogP contribution in [0.3, 0.4) is 0 Å². The molecule has 1 aliphatic heterocycles. The third-order valence-electron chi connectivity index (χ3n) is 4.96. The maximum atomic E-state index is 12.8. The van der Waals surface area contributed by atoms with Crippen LogP contribution in [0.1, 0.15) is 40.2 Å². The number of carbonyl (C=O) groups excluding carboxylic acids is 1. The van der Waals surface area contributed by atoms with Crippen molar-refractivity contribution in [3.8, 4) is 5.75 Å². The Morgan fingerprint density at radius 2 is 1.92 bits per heavy atom. The molecule has 4 N–H and O–H groups in total. The molecule has 0 unspecified atom stereocenters. The van der Waals surface area contributed by atoms with E-state index in [1.807, 2.05) is 11.0 Å². The molecule has 0 aliphatic carbocycles. The molecule has 5 nitrogen and oxygen atoms in total. The molecule has 1 fully saturated rings. The maximum Gasteiger partial charge on any atom is 0.256 e. The number of para-hydroxylation sites is 1. The number of rotatable bonds is 4. The zero-order chi connectivity index (χ0) is 17.8. The highest BCUT2D eigenvalue weighted by Gasteiger charge is 2.26. The SMILES string of the molecule is COc1cccc(C(=O)N2CCC(c3cccc(CN)c3)CC2)c1N. The van der Waals surface area contributed by atoms with Crippen molar-refractivity contribution in [3.63, 3.8) is 0 Å². The highest BCUT2D eigenvalue weighted by atomic mass is 16.5. The molecule has 0 aromatic heterocycles. The molecule has 0 radical (unpaired) electrons. The van der Waals surface area contributed by atoms with Gasteiger partial charge in [-0.15, -0.1) is 0 Å². The number of methoxy groups -OCH3 is 1. The second-order valence-electron chi connectivity index (χ2n) is 6.44. The summed E-state index contributed by atoms with van der Waals surface area (Å²) >= 11 is 0. The van der Waals surface area contributed by atoms with Crippen LogP contribution in [0, 0.1) is 0 Å². The smallest absolute Gasteiger partial charge is 0.256 e. The van der Waals surface area contributed by atoms with E-state index in [9.17, 15) is 4.79 Å². The van der Waals surface area contributed by atoms with Crippen molar-refractivity contribution in [2.45, 2.75) is 25.3 Å². The molecule has 2 aromatic carbocycles. The van der Waals surface area contributed by atoms with Gasteiger partial charge in [0, 0.05) is 19.6 Å². The zero-order valence-electron chi connectivity index (χ0n) is 14.6. The van der Waals surface area contributed by atoms with Crippen LogP contribution in [0.2, 0.25) is 0 Å². The number of likely N-dealkylation sites (tertiary alicyclic amines) is 1. The Labute approximate surface area is 148 Å². The molecule has 5 heteroatoms. The minimum atomic E-state index is -0.0226. The average Bonchev–Trinajstić information content (AvgIpc) is 2.68. The fraction of sp³-hybridized carbons (Fsp3) is 0.350. The van der Waals surface area contributed by atoms with Gasteiger partial charge < -0.3 is 21.1 Å². The predicted octanol–water partition coefficient (Wildman–Crippen LogP) is 2.76. The van der Waals surface area contributed by atoms with Gasteiger partial charge in [0.25, 0.3) is 5.91 Å². The number of piperidine rings is 1. The first-order chi connectivity index (χ1) is 12.1. The molecular formula is C20H25N3O2. The number of hydrogen-bond donors (Lipinski definition) is 2. The van der Waals surface area contributed by atoms with Crippen LogP contribution in [0.15, 0.2) is 42.5 Å². The molecule has 0 spiro atoms. The van der Waals surface area contributed by atoms with E-state index in [0.29, 0.717) is 29.5 Å². The number of hydrogen-bond acceptors (Lipinski definition) is 4. The van der Waals surface area contributed by atoms with Crippen molar-refractivity contribution >= 4 is 11.6 Å². The first kappa shape index (κ1) is 17.3. The van der Waals surface area contributed by atoms with E-state index in [1.54, 1.807) is 25.3 Å². The number of nitrogens with two attached hydrogens (primary N) is 2.